The average molecular weight is 262 g/mol. The maximum atomic E-state index is 13.3. The first kappa shape index (κ1) is 13.3. The summed E-state index contributed by atoms with van der Waals surface area (Å²) in [5.74, 6) is 0.821. The number of ketones is 1. The van der Waals surface area contributed by atoms with Gasteiger partial charge in [-0.3, -0.25) is 4.79 Å². The van der Waals surface area contributed by atoms with Crippen LogP contribution in [0.15, 0.2) is 34.7 Å². The third-order valence-corrected chi connectivity index (χ3v) is 2.85. The zero-order valence-electron chi connectivity index (χ0n) is 10.9. The molecule has 0 aliphatic carbocycles. The molecule has 1 aromatic heterocycles. The number of hydrogen-bond donors (Lipinski definition) is 0. The number of hydrogen-bond acceptors (Lipinski definition) is 3. The van der Waals surface area contributed by atoms with Crippen molar-refractivity contribution in [2.24, 2.45) is 0 Å². The highest BCUT2D eigenvalue weighted by Crippen LogP contribution is 2.21. The van der Waals surface area contributed by atoms with E-state index in [1.165, 1.54) is 13.2 Å². The molecule has 0 radical (unpaired) electrons. The van der Waals surface area contributed by atoms with Gasteiger partial charge in [0.25, 0.3) is 0 Å². The first-order chi connectivity index (χ1) is 9.13. The number of methoxy groups -OCH3 is 1. The second kappa shape index (κ2) is 5.69. The fourth-order valence-electron chi connectivity index (χ4n) is 1.81. The first-order valence-electron chi connectivity index (χ1n) is 6.08. The van der Waals surface area contributed by atoms with Gasteiger partial charge in [-0.05, 0) is 29.8 Å². The summed E-state index contributed by atoms with van der Waals surface area (Å²) in [5, 5.41) is 0. The Hall–Kier alpha value is -2.10. The summed E-state index contributed by atoms with van der Waals surface area (Å²) in [4.78, 5) is 11.5. The molecule has 0 fully saturated rings. The predicted octanol–water partition coefficient (Wildman–Crippen LogP) is 3.61. The summed E-state index contributed by atoms with van der Waals surface area (Å²) in [6, 6.07) is 8.08. The number of rotatable bonds is 5. The van der Waals surface area contributed by atoms with Crippen LogP contribution < -0.4 is 4.74 Å². The van der Waals surface area contributed by atoms with Crippen molar-refractivity contribution in [2.75, 3.05) is 7.11 Å². The van der Waals surface area contributed by atoms with Crippen molar-refractivity contribution in [1.82, 2.24) is 0 Å². The second-order valence-corrected chi connectivity index (χ2v) is 4.19. The number of carbonyl (C=O) groups excluding carboxylic acids is 1. The minimum Gasteiger partial charge on any atom is -0.494 e. The SMILES string of the molecule is CCC(=O)c1ccc(Cc2ccc(F)c(OC)c2)o1. The molecule has 1 aromatic carbocycles. The lowest BCUT2D eigenvalue weighted by atomic mass is 10.1. The van der Waals surface area contributed by atoms with Gasteiger partial charge in [-0.15, -0.1) is 0 Å². The Morgan fingerprint density at radius 2 is 2.11 bits per heavy atom. The standard InChI is InChI=1S/C15H15FO3/c1-3-13(17)14-7-5-11(19-14)8-10-4-6-12(16)15(9-10)18-2/h4-7,9H,3,8H2,1-2H3. The molecule has 0 aliphatic rings. The van der Waals surface area contributed by atoms with Gasteiger partial charge in [-0.2, -0.15) is 0 Å². The van der Waals surface area contributed by atoms with Crippen molar-refractivity contribution in [3.8, 4) is 5.75 Å². The van der Waals surface area contributed by atoms with Crippen LogP contribution in [0.1, 0.15) is 35.2 Å². The predicted molar refractivity (Wildman–Crippen MR) is 69.1 cm³/mol. The average Bonchev–Trinajstić information content (AvgIpc) is 2.88. The normalized spacial score (nSPS) is 10.5. The van der Waals surface area contributed by atoms with Gasteiger partial charge in [-0.25, -0.2) is 4.39 Å². The number of Topliss-reactive ketones (excluding diaryl/α,β-unsaturated/α-hetero) is 1. The smallest absolute Gasteiger partial charge is 0.197 e. The Morgan fingerprint density at radius 1 is 1.32 bits per heavy atom. The van der Waals surface area contributed by atoms with Crippen molar-refractivity contribution in [1.29, 1.82) is 0 Å². The van der Waals surface area contributed by atoms with Gasteiger partial charge in [0.15, 0.2) is 23.1 Å². The fraction of sp³-hybridized carbons (Fsp3) is 0.267. The number of furan rings is 1. The molecule has 4 heteroatoms. The molecule has 0 amide bonds. The molecule has 0 atom stereocenters. The summed E-state index contributed by atoms with van der Waals surface area (Å²) in [6.07, 6.45) is 0.908. The maximum absolute atomic E-state index is 13.3. The molecule has 0 saturated heterocycles. The Kier molecular flexibility index (Phi) is 4.00. The third kappa shape index (κ3) is 3.02. The van der Waals surface area contributed by atoms with E-state index >= 15 is 0 Å². The third-order valence-electron chi connectivity index (χ3n) is 2.85. The molecule has 1 heterocycles. The largest absolute Gasteiger partial charge is 0.494 e. The number of carbonyl (C=O) groups is 1. The van der Waals surface area contributed by atoms with Crippen molar-refractivity contribution in [2.45, 2.75) is 19.8 Å². The van der Waals surface area contributed by atoms with E-state index in [-0.39, 0.29) is 11.5 Å². The molecule has 0 saturated carbocycles. The van der Waals surface area contributed by atoms with Crippen LogP contribution in [0, 0.1) is 5.82 Å². The van der Waals surface area contributed by atoms with E-state index in [1.54, 1.807) is 31.2 Å². The van der Waals surface area contributed by atoms with Crippen molar-refractivity contribution < 1.29 is 18.3 Å². The lowest BCUT2D eigenvalue weighted by molar-refractivity contribution is 0.0960. The van der Waals surface area contributed by atoms with E-state index in [9.17, 15) is 9.18 Å². The minimum absolute atomic E-state index is 0.0251. The van der Waals surface area contributed by atoms with Crippen LogP contribution in [-0.2, 0) is 6.42 Å². The highest BCUT2D eigenvalue weighted by Gasteiger charge is 2.10. The van der Waals surface area contributed by atoms with E-state index < -0.39 is 5.82 Å². The Morgan fingerprint density at radius 3 is 2.79 bits per heavy atom. The molecule has 2 rings (SSSR count). The first-order valence-corrected chi connectivity index (χ1v) is 6.08. The van der Waals surface area contributed by atoms with Crippen LogP contribution in [0.4, 0.5) is 4.39 Å². The van der Waals surface area contributed by atoms with Crippen molar-refractivity contribution >= 4 is 5.78 Å². The van der Waals surface area contributed by atoms with E-state index in [0.29, 0.717) is 24.4 Å². The van der Waals surface area contributed by atoms with Gasteiger partial charge in [0.05, 0.1) is 7.11 Å². The van der Waals surface area contributed by atoms with Crippen LogP contribution in [-0.4, -0.2) is 12.9 Å². The molecular weight excluding hydrogens is 247 g/mol. The monoisotopic (exact) mass is 262 g/mol. The highest BCUT2D eigenvalue weighted by atomic mass is 19.1. The summed E-state index contributed by atoms with van der Waals surface area (Å²) >= 11 is 0. The van der Waals surface area contributed by atoms with Gasteiger partial charge in [0, 0.05) is 12.8 Å². The van der Waals surface area contributed by atoms with Crippen LogP contribution >= 0.6 is 0 Å². The molecule has 3 nitrogen and oxygen atoms in total. The Labute approximate surface area is 111 Å². The van der Waals surface area contributed by atoms with Crippen molar-refractivity contribution in [3.63, 3.8) is 0 Å². The molecule has 2 aromatic rings. The minimum atomic E-state index is -0.396. The topological polar surface area (TPSA) is 39.4 Å². The summed E-state index contributed by atoms with van der Waals surface area (Å²) in [5.41, 5.74) is 0.864. The fourth-order valence-corrected chi connectivity index (χ4v) is 1.81. The molecule has 0 bridgehead atoms. The van der Waals surface area contributed by atoms with Crippen LogP contribution in [0.2, 0.25) is 0 Å². The Bertz CT molecular complexity index is 587. The second-order valence-electron chi connectivity index (χ2n) is 4.19. The van der Waals surface area contributed by atoms with Crippen LogP contribution in [0.3, 0.4) is 0 Å². The van der Waals surface area contributed by atoms with E-state index in [4.69, 9.17) is 9.15 Å². The van der Waals surface area contributed by atoms with E-state index in [2.05, 4.69) is 0 Å². The molecule has 0 aliphatic heterocycles. The zero-order chi connectivity index (χ0) is 13.8. The van der Waals surface area contributed by atoms with Gasteiger partial charge in [0.1, 0.15) is 5.76 Å². The number of ether oxygens (including phenoxy) is 1. The highest BCUT2D eigenvalue weighted by molar-refractivity contribution is 5.93. The zero-order valence-corrected chi connectivity index (χ0v) is 10.9. The lowest BCUT2D eigenvalue weighted by Gasteiger charge is -2.04. The number of benzene rings is 1. The molecule has 0 unspecified atom stereocenters. The summed E-state index contributed by atoms with van der Waals surface area (Å²) in [7, 11) is 1.42. The Balaban J connectivity index is 2.17. The van der Waals surface area contributed by atoms with Gasteiger partial charge in [-0.1, -0.05) is 13.0 Å². The molecule has 19 heavy (non-hydrogen) atoms. The van der Waals surface area contributed by atoms with Crippen molar-refractivity contribution in [3.05, 3.63) is 53.2 Å². The van der Waals surface area contributed by atoms with Gasteiger partial charge in [0.2, 0.25) is 0 Å². The summed E-state index contributed by atoms with van der Waals surface area (Å²) in [6.45, 7) is 1.79. The van der Waals surface area contributed by atoms with Crippen LogP contribution in [0.25, 0.3) is 0 Å². The maximum Gasteiger partial charge on any atom is 0.197 e. The van der Waals surface area contributed by atoms with E-state index in [1.807, 2.05) is 0 Å². The van der Waals surface area contributed by atoms with E-state index in [0.717, 1.165) is 5.56 Å². The number of halogens is 1. The molecular formula is C15H15FO3. The lowest BCUT2D eigenvalue weighted by Crippen LogP contribution is -1.94. The molecule has 0 spiro atoms. The van der Waals surface area contributed by atoms with Gasteiger partial charge >= 0.3 is 0 Å². The van der Waals surface area contributed by atoms with Gasteiger partial charge < -0.3 is 9.15 Å². The summed E-state index contributed by atoms with van der Waals surface area (Å²) < 4.78 is 23.7. The van der Waals surface area contributed by atoms with Crippen LogP contribution in [0.5, 0.6) is 5.75 Å². The molecule has 0 N–H and O–H groups in total. The molecule has 100 valence electrons. The quantitative estimate of drug-likeness (QED) is 0.773.